The first-order valence-electron chi connectivity index (χ1n) is 4.38. The molecule has 0 heterocycles. The van der Waals surface area contributed by atoms with Crippen LogP contribution in [0.3, 0.4) is 0 Å². The number of nitrogens with zero attached hydrogens (tertiary/aromatic N) is 1. The monoisotopic (exact) mass is 211 g/mol. The third-order valence-corrected chi connectivity index (χ3v) is 2.32. The van der Waals surface area contributed by atoms with Crippen LogP contribution in [-0.4, -0.2) is 13.0 Å². The summed E-state index contributed by atoms with van der Waals surface area (Å²) in [4.78, 5) is 3.82. The predicted octanol–water partition coefficient (Wildman–Crippen LogP) is 1.94. The van der Waals surface area contributed by atoms with Gasteiger partial charge in [-0.05, 0) is 18.6 Å². The van der Waals surface area contributed by atoms with Crippen LogP contribution in [0.15, 0.2) is 29.3 Å². The fourth-order valence-electron chi connectivity index (χ4n) is 1.19. The molecule has 76 valence electrons. The maximum atomic E-state index is 6.03. The molecule has 0 aliphatic rings. The molecule has 4 heteroatoms. The summed E-state index contributed by atoms with van der Waals surface area (Å²) in [6.07, 6.45) is 0. The van der Waals surface area contributed by atoms with E-state index in [0.29, 0.717) is 5.96 Å². The number of guanidine groups is 1. The van der Waals surface area contributed by atoms with Crippen LogP contribution in [0, 0.1) is 0 Å². The Morgan fingerprint density at radius 3 is 2.71 bits per heavy atom. The Balaban J connectivity index is 2.79. The van der Waals surface area contributed by atoms with Crippen LogP contribution in [0.5, 0.6) is 0 Å². The minimum atomic E-state index is 0.0624. The molecule has 1 unspecified atom stereocenters. The zero-order valence-corrected chi connectivity index (χ0v) is 9.05. The van der Waals surface area contributed by atoms with Gasteiger partial charge in [0, 0.05) is 12.1 Å². The van der Waals surface area contributed by atoms with Crippen molar-refractivity contribution in [2.75, 3.05) is 7.05 Å². The molecule has 0 amide bonds. The highest BCUT2D eigenvalue weighted by molar-refractivity contribution is 6.31. The van der Waals surface area contributed by atoms with Gasteiger partial charge in [-0.3, -0.25) is 4.99 Å². The Hall–Kier alpha value is -1.22. The lowest BCUT2D eigenvalue weighted by molar-refractivity contribution is 0.711. The van der Waals surface area contributed by atoms with Crippen molar-refractivity contribution >= 4 is 17.6 Å². The Labute approximate surface area is 89.0 Å². The molecule has 0 saturated carbocycles. The zero-order valence-electron chi connectivity index (χ0n) is 8.29. The fourth-order valence-corrected chi connectivity index (χ4v) is 1.49. The minimum Gasteiger partial charge on any atom is -0.370 e. The summed E-state index contributed by atoms with van der Waals surface area (Å²) in [5.74, 6) is 0.414. The number of halogens is 1. The second-order valence-electron chi connectivity index (χ2n) is 3.00. The highest BCUT2D eigenvalue weighted by Crippen LogP contribution is 2.21. The van der Waals surface area contributed by atoms with Crippen molar-refractivity contribution in [3.63, 3.8) is 0 Å². The van der Waals surface area contributed by atoms with E-state index in [2.05, 4.69) is 10.3 Å². The highest BCUT2D eigenvalue weighted by Gasteiger charge is 2.08. The Morgan fingerprint density at radius 2 is 2.14 bits per heavy atom. The molecule has 0 spiro atoms. The molecule has 14 heavy (non-hydrogen) atoms. The van der Waals surface area contributed by atoms with Crippen molar-refractivity contribution in [3.8, 4) is 0 Å². The standard InChI is InChI=1S/C10H14ClN3/c1-7(14-10(12)13-2)8-5-3-4-6-9(8)11/h3-7H,1-2H3,(H3,12,13,14). The third kappa shape index (κ3) is 2.64. The van der Waals surface area contributed by atoms with Crippen molar-refractivity contribution in [3.05, 3.63) is 34.9 Å². The average Bonchev–Trinajstić information content (AvgIpc) is 2.18. The van der Waals surface area contributed by atoms with E-state index < -0.39 is 0 Å². The minimum absolute atomic E-state index is 0.0624. The van der Waals surface area contributed by atoms with Gasteiger partial charge in [0.15, 0.2) is 5.96 Å². The van der Waals surface area contributed by atoms with E-state index in [1.807, 2.05) is 31.2 Å². The lowest BCUT2D eigenvalue weighted by Gasteiger charge is -2.15. The van der Waals surface area contributed by atoms with Gasteiger partial charge in [-0.15, -0.1) is 0 Å². The molecule has 3 N–H and O–H groups in total. The zero-order chi connectivity index (χ0) is 10.6. The van der Waals surface area contributed by atoms with Gasteiger partial charge >= 0.3 is 0 Å². The lowest BCUT2D eigenvalue weighted by Crippen LogP contribution is -2.33. The molecule has 1 aromatic carbocycles. The van der Waals surface area contributed by atoms with Gasteiger partial charge in [0.25, 0.3) is 0 Å². The van der Waals surface area contributed by atoms with Crippen molar-refractivity contribution < 1.29 is 0 Å². The molecule has 1 aromatic rings. The Morgan fingerprint density at radius 1 is 1.50 bits per heavy atom. The van der Waals surface area contributed by atoms with Crippen LogP contribution in [0.2, 0.25) is 5.02 Å². The molecule has 0 aliphatic heterocycles. The summed E-state index contributed by atoms with van der Waals surface area (Å²) in [7, 11) is 1.64. The quantitative estimate of drug-likeness (QED) is 0.580. The number of nitrogens with one attached hydrogen (secondary N) is 1. The van der Waals surface area contributed by atoms with Gasteiger partial charge in [0.05, 0.1) is 6.04 Å². The van der Waals surface area contributed by atoms with Gasteiger partial charge in [0.2, 0.25) is 0 Å². The topological polar surface area (TPSA) is 50.4 Å². The lowest BCUT2D eigenvalue weighted by atomic mass is 10.1. The first-order valence-corrected chi connectivity index (χ1v) is 4.76. The first-order chi connectivity index (χ1) is 6.65. The fraction of sp³-hybridized carbons (Fsp3) is 0.300. The van der Waals surface area contributed by atoms with Crippen molar-refractivity contribution in [1.82, 2.24) is 5.32 Å². The predicted molar refractivity (Wildman–Crippen MR) is 60.5 cm³/mol. The second kappa shape index (κ2) is 4.86. The van der Waals surface area contributed by atoms with Crippen molar-refractivity contribution in [2.24, 2.45) is 10.7 Å². The van der Waals surface area contributed by atoms with Crippen LogP contribution in [0.1, 0.15) is 18.5 Å². The number of hydrogen-bond donors (Lipinski definition) is 2. The summed E-state index contributed by atoms with van der Waals surface area (Å²) in [6, 6.07) is 7.72. The molecule has 0 fully saturated rings. The molecule has 0 saturated heterocycles. The summed E-state index contributed by atoms with van der Waals surface area (Å²) >= 11 is 6.03. The smallest absolute Gasteiger partial charge is 0.188 e. The first kappa shape index (κ1) is 10.9. The number of hydrogen-bond acceptors (Lipinski definition) is 1. The molecule has 3 nitrogen and oxygen atoms in total. The van der Waals surface area contributed by atoms with E-state index in [4.69, 9.17) is 17.3 Å². The van der Waals surface area contributed by atoms with Crippen LogP contribution < -0.4 is 11.1 Å². The van der Waals surface area contributed by atoms with E-state index in [1.165, 1.54) is 0 Å². The Bertz CT molecular complexity index is 336. The average molecular weight is 212 g/mol. The van der Waals surface area contributed by atoms with E-state index in [9.17, 15) is 0 Å². The molecule has 0 bridgehead atoms. The molecule has 0 aliphatic carbocycles. The molecular formula is C10H14ClN3. The third-order valence-electron chi connectivity index (χ3n) is 1.98. The van der Waals surface area contributed by atoms with E-state index >= 15 is 0 Å². The number of nitrogens with two attached hydrogens (primary N) is 1. The van der Waals surface area contributed by atoms with E-state index in [-0.39, 0.29) is 6.04 Å². The van der Waals surface area contributed by atoms with Gasteiger partial charge < -0.3 is 11.1 Å². The maximum absolute atomic E-state index is 6.03. The normalized spacial score (nSPS) is 13.8. The van der Waals surface area contributed by atoms with Gasteiger partial charge in [-0.1, -0.05) is 29.8 Å². The maximum Gasteiger partial charge on any atom is 0.188 e. The summed E-state index contributed by atoms with van der Waals surface area (Å²) in [5, 5.41) is 3.76. The number of rotatable bonds is 2. The van der Waals surface area contributed by atoms with E-state index in [1.54, 1.807) is 7.05 Å². The SMILES string of the molecule is CN=C(N)NC(C)c1ccccc1Cl. The highest BCUT2D eigenvalue weighted by atomic mass is 35.5. The molecule has 0 aromatic heterocycles. The molecular weight excluding hydrogens is 198 g/mol. The summed E-state index contributed by atoms with van der Waals surface area (Å²) < 4.78 is 0. The van der Waals surface area contributed by atoms with Crippen molar-refractivity contribution in [1.29, 1.82) is 0 Å². The molecule has 0 radical (unpaired) electrons. The Kier molecular flexibility index (Phi) is 3.77. The van der Waals surface area contributed by atoms with Crippen LogP contribution in [-0.2, 0) is 0 Å². The van der Waals surface area contributed by atoms with Gasteiger partial charge in [0.1, 0.15) is 0 Å². The summed E-state index contributed by atoms with van der Waals surface area (Å²) in [6.45, 7) is 1.99. The van der Waals surface area contributed by atoms with Crippen LogP contribution in [0.25, 0.3) is 0 Å². The molecule has 1 atom stereocenters. The van der Waals surface area contributed by atoms with Gasteiger partial charge in [-0.2, -0.15) is 0 Å². The van der Waals surface area contributed by atoms with Crippen LogP contribution >= 0.6 is 11.6 Å². The molecule has 1 rings (SSSR count). The van der Waals surface area contributed by atoms with Crippen LogP contribution in [0.4, 0.5) is 0 Å². The van der Waals surface area contributed by atoms with E-state index in [0.717, 1.165) is 10.6 Å². The van der Waals surface area contributed by atoms with Gasteiger partial charge in [-0.25, -0.2) is 0 Å². The second-order valence-corrected chi connectivity index (χ2v) is 3.40. The largest absolute Gasteiger partial charge is 0.370 e. The summed E-state index contributed by atoms with van der Waals surface area (Å²) in [5.41, 5.74) is 6.57. The van der Waals surface area contributed by atoms with Crippen molar-refractivity contribution in [2.45, 2.75) is 13.0 Å². The number of aliphatic imine (C=N–C) groups is 1. The number of benzene rings is 1.